The van der Waals surface area contributed by atoms with Gasteiger partial charge in [0, 0.05) is 0 Å². The molecule has 0 aromatic heterocycles. The smallest absolute Gasteiger partial charge is 0.0219 e. The van der Waals surface area contributed by atoms with E-state index in [0.29, 0.717) is 5.92 Å². The summed E-state index contributed by atoms with van der Waals surface area (Å²) in [4.78, 5) is 0. The standard InChI is InChI=1S/C11H14.C4H10.2C2H6/c1-4-10-5-7-11(8-6-10)9(2)3;1-4(2)3;2*1-2/h4-9H,1H2,2-3H3;4H,1-3H3;2*1-2H3. The Kier molecular flexibility index (Phi) is 20.6. The molecule has 0 N–H and O–H groups in total. The number of rotatable bonds is 2. The van der Waals surface area contributed by atoms with Gasteiger partial charge in [-0.25, -0.2) is 0 Å². The van der Waals surface area contributed by atoms with Crippen molar-refractivity contribution in [2.45, 2.75) is 68.2 Å². The van der Waals surface area contributed by atoms with E-state index in [-0.39, 0.29) is 0 Å². The van der Waals surface area contributed by atoms with Crippen LogP contribution < -0.4 is 0 Å². The first kappa shape index (κ1) is 23.1. The van der Waals surface area contributed by atoms with Gasteiger partial charge in [0.2, 0.25) is 0 Å². The van der Waals surface area contributed by atoms with Gasteiger partial charge in [-0.15, -0.1) is 0 Å². The largest absolute Gasteiger partial charge is 0.0985 e. The van der Waals surface area contributed by atoms with Crippen LogP contribution >= 0.6 is 0 Å². The lowest BCUT2D eigenvalue weighted by atomic mass is 10.0. The molecule has 1 aromatic rings. The molecule has 0 saturated carbocycles. The minimum Gasteiger partial charge on any atom is -0.0985 e. The molecule has 0 unspecified atom stereocenters. The van der Waals surface area contributed by atoms with Crippen LogP contribution in [-0.2, 0) is 0 Å². The quantitative estimate of drug-likeness (QED) is 0.531. The maximum absolute atomic E-state index is 3.71. The van der Waals surface area contributed by atoms with E-state index in [1.807, 2.05) is 33.8 Å². The summed E-state index contributed by atoms with van der Waals surface area (Å²) in [6.45, 7) is 22.6. The van der Waals surface area contributed by atoms with E-state index < -0.39 is 0 Å². The van der Waals surface area contributed by atoms with E-state index in [1.165, 1.54) is 11.1 Å². The summed E-state index contributed by atoms with van der Waals surface area (Å²) in [5.74, 6) is 1.45. The van der Waals surface area contributed by atoms with Gasteiger partial charge in [-0.2, -0.15) is 0 Å². The topological polar surface area (TPSA) is 0 Å². The van der Waals surface area contributed by atoms with E-state index in [0.717, 1.165) is 5.92 Å². The molecular formula is C19H36. The number of benzene rings is 1. The van der Waals surface area contributed by atoms with Crippen molar-refractivity contribution < 1.29 is 0 Å². The molecule has 112 valence electrons. The summed E-state index contributed by atoms with van der Waals surface area (Å²) in [5, 5.41) is 0. The second-order valence-electron chi connectivity index (χ2n) is 4.76. The molecule has 0 aliphatic rings. The molecule has 0 heteroatoms. The highest BCUT2D eigenvalue weighted by atomic mass is 14.0. The van der Waals surface area contributed by atoms with E-state index in [4.69, 9.17) is 0 Å². The third-order valence-electron chi connectivity index (χ3n) is 1.84. The van der Waals surface area contributed by atoms with Crippen molar-refractivity contribution in [3.05, 3.63) is 42.0 Å². The molecule has 0 aliphatic heterocycles. The molecular weight excluding hydrogens is 228 g/mol. The van der Waals surface area contributed by atoms with Gasteiger partial charge in [0.1, 0.15) is 0 Å². The molecule has 0 nitrogen and oxygen atoms in total. The van der Waals surface area contributed by atoms with Gasteiger partial charge in [0.25, 0.3) is 0 Å². The Hall–Kier alpha value is -1.04. The van der Waals surface area contributed by atoms with E-state index in [2.05, 4.69) is 65.5 Å². The molecule has 0 aliphatic carbocycles. The lowest BCUT2D eigenvalue weighted by Gasteiger charge is -2.04. The van der Waals surface area contributed by atoms with Crippen molar-refractivity contribution in [3.8, 4) is 0 Å². The lowest BCUT2D eigenvalue weighted by Crippen LogP contribution is -1.85. The first-order valence-corrected chi connectivity index (χ1v) is 7.69. The summed E-state index contributed by atoms with van der Waals surface area (Å²) >= 11 is 0. The Morgan fingerprint density at radius 1 is 0.789 bits per heavy atom. The molecule has 0 heterocycles. The van der Waals surface area contributed by atoms with Gasteiger partial charge < -0.3 is 0 Å². The normalized spacial score (nSPS) is 8.37. The predicted octanol–water partition coefficient (Wildman–Crippen LogP) is 7.17. The van der Waals surface area contributed by atoms with Crippen molar-refractivity contribution >= 4 is 6.08 Å². The summed E-state index contributed by atoms with van der Waals surface area (Å²) in [7, 11) is 0. The van der Waals surface area contributed by atoms with Crippen LogP contribution in [0.3, 0.4) is 0 Å². The molecule has 0 radical (unpaired) electrons. The third kappa shape index (κ3) is 17.0. The Labute approximate surface area is 123 Å². The predicted molar refractivity (Wildman–Crippen MR) is 93.8 cm³/mol. The van der Waals surface area contributed by atoms with Crippen LogP contribution in [0.15, 0.2) is 30.8 Å². The van der Waals surface area contributed by atoms with Gasteiger partial charge in [-0.1, -0.05) is 99.2 Å². The SMILES string of the molecule is C=Cc1ccc(C(C)C)cc1.CC.CC.CC(C)C. The van der Waals surface area contributed by atoms with Gasteiger partial charge in [-0.05, 0) is 23.0 Å². The van der Waals surface area contributed by atoms with Crippen LogP contribution in [0.25, 0.3) is 6.08 Å². The zero-order valence-electron chi connectivity index (χ0n) is 14.7. The van der Waals surface area contributed by atoms with Gasteiger partial charge >= 0.3 is 0 Å². The molecule has 19 heavy (non-hydrogen) atoms. The van der Waals surface area contributed by atoms with Gasteiger partial charge in [-0.3, -0.25) is 0 Å². The molecule has 0 spiro atoms. The molecule has 0 fully saturated rings. The maximum atomic E-state index is 3.71. The highest BCUT2D eigenvalue weighted by Crippen LogP contribution is 2.14. The Bertz CT molecular complexity index is 262. The van der Waals surface area contributed by atoms with Crippen molar-refractivity contribution in [2.24, 2.45) is 5.92 Å². The monoisotopic (exact) mass is 264 g/mol. The van der Waals surface area contributed by atoms with Crippen LogP contribution in [0, 0.1) is 5.92 Å². The highest BCUT2D eigenvalue weighted by molar-refractivity contribution is 5.47. The van der Waals surface area contributed by atoms with Crippen LogP contribution in [0.1, 0.15) is 79.4 Å². The summed E-state index contributed by atoms with van der Waals surface area (Å²) in [6, 6.07) is 8.51. The van der Waals surface area contributed by atoms with Crippen molar-refractivity contribution in [3.63, 3.8) is 0 Å². The second-order valence-corrected chi connectivity index (χ2v) is 4.76. The fourth-order valence-electron chi connectivity index (χ4n) is 1.02. The Morgan fingerprint density at radius 2 is 1.11 bits per heavy atom. The maximum Gasteiger partial charge on any atom is -0.0219 e. The minimum atomic E-state index is 0.619. The fourth-order valence-corrected chi connectivity index (χ4v) is 1.02. The zero-order chi connectivity index (χ0) is 15.8. The van der Waals surface area contributed by atoms with Gasteiger partial charge in [0.15, 0.2) is 0 Å². The van der Waals surface area contributed by atoms with E-state index in [1.54, 1.807) is 0 Å². The van der Waals surface area contributed by atoms with Crippen molar-refractivity contribution in [1.82, 2.24) is 0 Å². The van der Waals surface area contributed by atoms with Crippen LogP contribution in [0.5, 0.6) is 0 Å². The lowest BCUT2D eigenvalue weighted by molar-refractivity contribution is 0.737. The third-order valence-corrected chi connectivity index (χ3v) is 1.84. The van der Waals surface area contributed by atoms with Crippen molar-refractivity contribution in [2.75, 3.05) is 0 Å². The Balaban J connectivity index is -0.000000271. The molecule has 1 aromatic carbocycles. The highest BCUT2D eigenvalue weighted by Gasteiger charge is 1.96. The first-order valence-electron chi connectivity index (χ1n) is 7.69. The molecule has 1 rings (SSSR count). The minimum absolute atomic E-state index is 0.619. The average molecular weight is 264 g/mol. The molecule has 0 atom stereocenters. The van der Waals surface area contributed by atoms with E-state index in [9.17, 15) is 0 Å². The number of hydrogen-bond donors (Lipinski definition) is 0. The molecule has 0 amide bonds. The summed E-state index contributed by atoms with van der Waals surface area (Å²) < 4.78 is 0. The fraction of sp³-hybridized carbons (Fsp3) is 0.579. The summed E-state index contributed by atoms with van der Waals surface area (Å²) in [6.07, 6.45) is 1.87. The van der Waals surface area contributed by atoms with Crippen molar-refractivity contribution in [1.29, 1.82) is 0 Å². The van der Waals surface area contributed by atoms with Gasteiger partial charge in [0.05, 0.1) is 0 Å². The Morgan fingerprint density at radius 3 is 1.32 bits per heavy atom. The second kappa shape index (κ2) is 17.0. The molecule has 0 saturated heterocycles. The number of hydrogen-bond acceptors (Lipinski definition) is 0. The van der Waals surface area contributed by atoms with Crippen LogP contribution in [0.4, 0.5) is 0 Å². The van der Waals surface area contributed by atoms with Crippen LogP contribution in [-0.4, -0.2) is 0 Å². The summed E-state index contributed by atoms with van der Waals surface area (Å²) in [5.41, 5.74) is 2.57. The average Bonchev–Trinajstić information content (AvgIpc) is 2.42. The first-order chi connectivity index (χ1) is 8.97. The zero-order valence-corrected chi connectivity index (χ0v) is 14.7. The van der Waals surface area contributed by atoms with E-state index >= 15 is 0 Å². The molecule has 0 bridgehead atoms. The van der Waals surface area contributed by atoms with Crippen LogP contribution in [0.2, 0.25) is 0 Å².